The molecule has 0 fully saturated rings. The van der Waals surface area contributed by atoms with Crippen LogP contribution in [-0.4, -0.2) is 30.2 Å². The Kier molecular flexibility index (Phi) is 6.77. The number of carbonyl (C=O) groups is 1. The summed E-state index contributed by atoms with van der Waals surface area (Å²) in [6.07, 6.45) is -0.801. The molecule has 0 unspecified atom stereocenters. The minimum Gasteiger partial charge on any atom is -0.394 e. The standard InChI is InChI=1S/C18H20O4/c19-11-17(21-13-15-7-3-1-4-8-15)18(12-20)22-14-16-9-5-2-6-10-16/h1-11,17-18,20H,12-14H2/t17-,18-/m1/s1. The van der Waals surface area contributed by atoms with E-state index in [0.29, 0.717) is 19.5 Å². The lowest BCUT2D eigenvalue weighted by Gasteiger charge is -2.22. The Hall–Kier alpha value is -2.01. The Morgan fingerprint density at radius 3 is 1.82 bits per heavy atom. The second-order valence-corrected chi connectivity index (χ2v) is 4.91. The van der Waals surface area contributed by atoms with E-state index in [-0.39, 0.29) is 6.61 Å². The molecule has 0 spiro atoms. The highest BCUT2D eigenvalue weighted by Crippen LogP contribution is 2.10. The molecule has 1 N–H and O–H groups in total. The molecule has 2 aromatic carbocycles. The van der Waals surface area contributed by atoms with Crippen LogP contribution in [0.3, 0.4) is 0 Å². The summed E-state index contributed by atoms with van der Waals surface area (Å²) in [5, 5.41) is 9.44. The fraction of sp³-hybridized carbons (Fsp3) is 0.278. The van der Waals surface area contributed by atoms with E-state index in [1.165, 1.54) is 0 Å². The van der Waals surface area contributed by atoms with E-state index in [1.54, 1.807) is 0 Å². The van der Waals surface area contributed by atoms with Gasteiger partial charge in [-0.2, -0.15) is 0 Å². The third-order valence-corrected chi connectivity index (χ3v) is 3.27. The minimum atomic E-state index is -0.797. The van der Waals surface area contributed by atoms with Crippen LogP contribution in [0.5, 0.6) is 0 Å². The highest BCUT2D eigenvalue weighted by Gasteiger charge is 2.22. The monoisotopic (exact) mass is 300 g/mol. The van der Waals surface area contributed by atoms with Gasteiger partial charge in [-0.1, -0.05) is 60.7 Å². The van der Waals surface area contributed by atoms with Crippen LogP contribution in [0.15, 0.2) is 60.7 Å². The van der Waals surface area contributed by atoms with Gasteiger partial charge in [0.15, 0.2) is 6.29 Å². The van der Waals surface area contributed by atoms with Crippen molar-refractivity contribution in [1.82, 2.24) is 0 Å². The zero-order valence-electron chi connectivity index (χ0n) is 12.3. The number of hydrogen-bond donors (Lipinski definition) is 1. The summed E-state index contributed by atoms with van der Waals surface area (Å²) in [6.45, 7) is 0.353. The molecular formula is C18H20O4. The third kappa shape index (κ3) is 5.07. The van der Waals surface area contributed by atoms with Gasteiger partial charge in [-0.3, -0.25) is 0 Å². The molecule has 0 amide bonds. The quantitative estimate of drug-likeness (QED) is 0.722. The predicted octanol–water partition coefficient (Wildman–Crippen LogP) is 2.35. The average Bonchev–Trinajstić information content (AvgIpc) is 2.59. The van der Waals surface area contributed by atoms with Gasteiger partial charge < -0.3 is 19.4 Å². The SMILES string of the molecule is O=C[C@@H](OCc1ccccc1)[C@@H](CO)OCc1ccccc1. The summed E-state index contributed by atoms with van der Waals surface area (Å²) in [7, 11) is 0. The van der Waals surface area contributed by atoms with Crippen LogP contribution >= 0.6 is 0 Å². The number of hydrogen-bond acceptors (Lipinski definition) is 4. The van der Waals surface area contributed by atoms with Gasteiger partial charge in [-0.05, 0) is 11.1 Å². The summed E-state index contributed by atoms with van der Waals surface area (Å²) >= 11 is 0. The van der Waals surface area contributed by atoms with Gasteiger partial charge in [0.25, 0.3) is 0 Å². The number of benzene rings is 2. The summed E-state index contributed by atoms with van der Waals surface area (Å²) in [5.74, 6) is 0. The van der Waals surface area contributed by atoms with E-state index < -0.39 is 12.2 Å². The summed E-state index contributed by atoms with van der Waals surface area (Å²) in [5.41, 5.74) is 1.95. The molecule has 0 saturated heterocycles. The Morgan fingerprint density at radius 2 is 1.36 bits per heavy atom. The molecule has 2 atom stereocenters. The van der Waals surface area contributed by atoms with E-state index in [4.69, 9.17) is 9.47 Å². The van der Waals surface area contributed by atoms with E-state index >= 15 is 0 Å². The fourth-order valence-electron chi connectivity index (χ4n) is 2.03. The first-order chi connectivity index (χ1) is 10.8. The smallest absolute Gasteiger partial charge is 0.151 e. The van der Waals surface area contributed by atoms with Gasteiger partial charge in [-0.25, -0.2) is 0 Å². The summed E-state index contributed by atoms with van der Waals surface area (Å²) < 4.78 is 11.2. The molecular weight excluding hydrogens is 280 g/mol. The van der Waals surface area contributed by atoms with Crippen molar-refractivity contribution >= 4 is 6.29 Å². The summed E-state index contributed by atoms with van der Waals surface area (Å²) in [6, 6.07) is 19.2. The molecule has 22 heavy (non-hydrogen) atoms. The maximum atomic E-state index is 11.2. The van der Waals surface area contributed by atoms with E-state index in [2.05, 4.69) is 0 Å². The van der Waals surface area contributed by atoms with Crippen LogP contribution < -0.4 is 0 Å². The number of carbonyl (C=O) groups excluding carboxylic acids is 1. The van der Waals surface area contributed by atoms with Gasteiger partial charge in [0.05, 0.1) is 19.8 Å². The second-order valence-electron chi connectivity index (χ2n) is 4.91. The van der Waals surface area contributed by atoms with Crippen LogP contribution in [0.2, 0.25) is 0 Å². The van der Waals surface area contributed by atoms with Gasteiger partial charge in [0.2, 0.25) is 0 Å². The molecule has 4 nitrogen and oxygen atoms in total. The molecule has 0 aliphatic rings. The van der Waals surface area contributed by atoms with Crippen molar-refractivity contribution in [3.8, 4) is 0 Å². The van der Waals surface area contributed by atoms with Crippen molar-refractivity contribution in [3.63, 3.8) is 0 Å². The lowest BCUT2D eigenvalue weighted by molar-refractivity contribution is -0.137. The van der Waals surface area contributed by atoms with Crippen molar-refractivity contribution in [2.24, 2.45) is 0 Å². The molecule has 0 aromatic heterocycles. The van der Waals surface area contributed by atoms with Gasteiger partial charge in [0.1, 0.15) is 12.2 Å². The van der Waals surface area contributed by atoms with Crippen LogP contribution in [0.25, 0.3) is 0 Å². The molecule has 2 aromatic rings. The van der Waals surface area contributed by atoms with Crippen molar-refractivity contribution in [2.75, 3.05) is 6.61 Å². The zero-order valence-corrected chi connectivity index (χ0v) is 12.3. The van der Waals surface area contributed by atoms with Crippen molar-refractivity contribution < 1.29 is 19.4 Å². The predicted molar refractivity (Wildman–Crippen MR) is 83.2 cm³/mol. The number of ether oxygens (including phenoxy) is 2. The second kappa shape index (κ2) is 9.10. The van der Waals surface area contributed by atoms with E-state index in [0.717, 1.165) is 11.1 Å². The molecule has 0 saturated carbocycles. The average molecular weight is 300 g/mol. The normalized spacial score (nSPS) is 13.5. The van der Waals surface area contributed by atoms with Gasteiger partial charge in [-0.15, -0.1) is 0 Å². The van der Waals surface area contributed by atoms with Crippen LogP contribution in [0.4, 0.5) is 0 Å². The highest BCUT2D eigenvalue weighted by molar-refractivity contribution is 5.57. The number of rotatable bonds is 9. The van der Waals surface area contributed by atoms with E-state index in [9.17, 15) is 9.90 Å². The van der Waals surface area contributed by atoms with Crippen LogP contribution in [0, 0.1) is 0 Å². The third-order valence-electron chi connectivity index (χ3n) is 3.27. The maximum absolute atomic E-state index is 11.2. The largest absolute Gasteiger partial charge is 0.394 e. The van der Waals surface area contributed by atoms with Crippen molar-refractivity contribution in [2.45, 2.75) is 25.4 Å². The molecule has 2 rings (SSSR count). The molecule has 0 heterocycles. The Balaban J connectivity index is 1.87. The van der Waals surface area contributed by atoms with Crippen LogP contribution in [0.1, 0.15) is 11.1 Å². The minimum absolute atomic E-state index is 0.273. The summed E-state index contributed by atoms with van der Waals surface area (Å²) in [4.78, 5) is 11.2. The molecule has 116 valence electrons. The van der Waals surface area contributed by atoms with Gasteiger partial charge >= 0.3 is 0 Å². The first-order valence-electron chi connectivity index (χ1n) is 7.20. The molecule has 4 heteroatoms. The molecule has 0 aliphatic carbocycles. The van der Waals surface area contributed by atoms with Crippen molar-refractivity contribution in [1.29, 1.82) is 0 Å². The number of aldehydes is 1. The lowest BCUT2D eigenvalue weighted by atomic mass is 10.2. The molecule has 0 bridgehead atoms. The van der Waals surface area contributed by atoms with E-state index in [1.807, 2.05) is 60.7 Å². The Labute approximate surface area is 130 Å². The highest BCUT2D eigenvalue weighted by atomic mass is 16.5. The maximum Gasteiger partial charge on any atom is 0.151 e. The first-order valence-corrected chi connectivity index (χ1v) is 7.20. The Morgan fingerprint density at radius 1 is 0.864 bits per heavy atom. The fourth-order valence-corrected chi connectivity index (χ4v) is 2.03. The Bertz CT molecular complexity index is 542. The molecule has 0 radical (unpaired) electrons. The van der Waals surface area contributed by atoms with Crippen molar-refractivity contribution in [3.05, 3.63) is 71.8 Å². The van der Waals surface area contributed by atoms with Gasteiger partial charge in [0, 0.05) is 0 Å². The topological polar surface area (TPSA) is 55.8 Å². The number of aliphatic hydroxyl groups is 1. The number of aliphatic hydroxyl groups excluding tert-OH is 1. The molecule has 0 aliphatic heterocycles. The van der Waals surface area contributed by atoms with Crippen LogP contribution in [-0.2, 0) is 27.5 Å². The zero-order chi connectivity index (χ0) is 15.6. The lowest BCUT2D eigenvalue weighted by Crippen LogP contribution is -2.35. The first kappa shape index (κ1) is 16.4.